The molecule has 1 unspecified atom stereocenters. The zero-order valence-electron chi connectivity index (χ0n) is 12.8. The summed E-state index contributed by atoms with van der Waals surface area (Å²) >= 11 is 0. The Morgan fingerprint density at radius 2 is 1.90 bits per heavy atom. The van der Waals surface area contributed by atoms with Crippen LogP contribution in [0.1, 0.15) is 57.3 Å². The molecule has 2 rings (SSSR count). The molecule has 0 aromatic carbocycles. The van der Waals surface area contributed by atoms with Crippen molar-refractivity contribution < 1.29 is 14.0 Å². The predicted octanol–water partition coefficient (Wildman–Crippen LogP) is 2.16. The normalized spacial score (nSPS) is 22.6. The Morgan fingerprint density at radius 1 is 1.25 bits per heavy atom. The molecule has 0 radical (unpaired) electrons. The van der Waals surface area contributed by atoms with Crippen molar-refractivity contribution >= 4 is 0 Å². The lowest BCUT2D eigenvalue weighted by Gasteiger charge is -2.40. The van der Waals surface area contributed by atoms with Crippen LogP contribution < -0.4 is 5.73 Å². The van der Waals surface area contributed by atoms with Gasteiger partial charge in [-0.05, 0) is 31.1 Å². The molecule has 1 atom stereocenters. The molecule has 1 aliphatic rings. The smallest absolute Gasteiger partial charge is 0.246 e. The first-order chi connectivity index (χ1) is 9.42. The van der Waals surface area contributed by atoms with Gasteiger partial charge >= 0.3 is 0 Å². The Labute approximate surface area is 120 Å². The van der Waals surface area contributed by atoms with Crippen LogP contribution in [0.15, 0.2) is 4.52 Å². The van der Waals surface area contributed by atoms with Crippen molar-refractivity contribution in [3.8, 4) is 0 Å². The summed E-state index contributed by atoms with van der Waals surface area (Å²) in [6.07, 6.45) is 3.95. The molecule has 20 heavy (non-hydrogen) atoms. The minimum absolute atomic E-state index is 0.348. The molecule has 0 amide bonds. The Hall–Kier alpha value is -0.980. The fourth-order valence-corrected chi connectivity index (χ4v) is 2.67. The van der Waals surface area contributed by atoms with Crippen LogP contribution in [0.25, 0.3) is 0 Å². The maximum Gasteiger partial charge on any atom is 0.246 e. The van der Waals surface area contributed by atoms with Gasteiger partial charge in [0.25, 0.3) is 0 Å². The lowest BCUT2D eigenvalue weighted by atomic mass is 9.70. The highest BCUT2D eigenvalue weighted by atomic mass is 16.5. The van der Waals surface area contributed by atoms with E-state index in [9.17, 15) is 0 Å². The fraction of sp³-hybridized carbons (Fsp3) is 0.857. The largest absolute Gasteiger partial charge is 0.383 e. The first-order valence-electron chi connectivity index (χ1n) is 7.06. The van der Waals surface area contributed by atoms with E-state index in [0.29, 0.717) is 23.7 Å². The average Bonchev–Trinajstić information content (AvgIpc) is 2.90. The van der Waals surface area contributed by atoms with Crippen LogP contribution >= 0.6 is 0 Å². The zero-order valence-corrected chi connectivity index (χ0v) is 12.8. The highest BCUT2D eigenvalue weighted by molar-refractivity contribution is 5.06. The van der Waals surface area contributed by atoms with Gasteiger partial charge in [-0.3, -0.25) is 0 Å². The Bertz CT molecular complexity index is 435. The SMILES string of the molecule is COCC(N)c1nc(C2(OC)CCC(C)(C)CC2)no1. The van der Waals surface area contributed by atoms with E-state index in [1.54, 1.807) is 14.2 Å². The summed E-state index contributed by atoms with van der Waals surface area (Å²) in [5.74, 6) is 1.01. The standard InChI is InChI=1S/C14H25N3O3/c1-13(2)5-7-14(19-4,8-6-13)12-16-11(20-17-12)10(15)9-18-3/h10H,5-9,15H2,1-4H3. The Balaban J connectivity index is 2.16. The van der Waals surface area contributed by atoms with Crippen LogP contribution in [-0.2, 0) is 15.1 Å². The van der Waals surface area contributed by atoms with E-state index in [1.807, 2.05) is 0 Å². The minimum atomic E-state index is -0.440. The van der Waals surface area contributed by atoms with Gasteiger partial charge in [-0.2, -0.15) is 4.98 Å². The van der Waals surface area contributed by atoms with Crippen molar-refractivity contribution in [3.63, 3.8) is 0 Å². The summed E-state index contributed by atoms with van der Waals surface area (Å²) in [4.78, 5) is 4.44. The summed E-state index contributed by atoms with van der Waals surface area (Å²) in [5.41, 5.74) is 5.82. The molecule has 1 heterocycles. The third kappa shape index (κ3) is 3.02. The molecule has 1 aromatic heterocycles. The van der Waals surface area contributed by atoms with Crippen molar-refractivity contribution in [3.05, 3.63) is 11.7 Å². The van der Waals surface area contributed by atoms with Crippen LogP contribution in [0.5, 0.6) is 0 Å². The number of hydrogen-bond donors (Lipinski definition) is 1. The van der Waals surface area contributed by atoms with Gasteiger partial charge in [0, 0.05) is 14.2 Å². The summed E-state index contributed by atoms with van der Waals surface area (Å²) in [6.45, 7) is 4.92. The highest BCUT2D eigenvalue weighted by Crippen LogP contribution is 2.46. The number of nitrogens with zero attached hydrogens (tertiary/aromatic N) is 2. The summed E-state index contributed by atoms with van der Waals surface area (Å²) < 4.78 is 16.0. The third-order valence-electron chi connectivity index (χ3n) is 4.31. The Morgan fingerprint density at radius 3 is 2.45 bits per heavy atom. The maximum atomic E-state index is 5.91. The van der Waals surface area contributed by atoms with Crippen LogP contribution in [0.3, 0.4) is 0 Å². The van der Waals surface area contributed by atoms with Crippen molar-refractivity contribution in [2.45, 2.75) is 51.2 Å². The van der Waals surface area contributed by atoms with E-state index in [0.717, 1.165) is 25.7 Å². The Kier molecular flexibility index (Phi) is 4.46. The zero-order chi connectivity index (χ0) is 14.8. The van der Waals surface area contributed by atoms with Gasteiger partial charge < -0.3 is 19.7 Å². The van der Waals surface area contributed by atoms with Gasteiger partial charge in [0.1, 0.15) is 11.6 Å². The van der Waals surface area contributed by atoms with E-state index in [2.05, 4.69) is 24.0 Å². The van der Waals surface area contributed by atoms with E-state index >= 15 is 0 Å². The van der Waals surface area contributed by atoms with E-state index in [4.69, 9.17) is 19.7 Å². The first-order valence-corrected chi connectivity index (χ1v) is 7.06. The van der Waals surface area contributed by atoms with Crippen LogP contribution in [0.4, 0.5) is 0 Å². The van der Waals surface area contributed by atoms with Crippen LogP contribution in [0.2, 0.25) is 0 Å². The number of nitrogens with two attached hydrogens (primary N) is 1. The number of methoxy groups -OCH3 is 2. The average molecular weight is 283 g/mol. The molecule has 1 saturated carbocycles. The summed E-state index contributed by atoms with van der Waals surface area (Å²) in [6, 6.07) is -0.393. The monoisotopic (exact) mass is 283 g/mol. The third-order valence-corrected chi connectivity index (χ3v) is 4.31. The molecule has 0 spiro atoms. The summed E-state index contributed by atoms with van der Waals surface area (Å²) in [5, 5.41) is 4.09. The van der Waals surface area contributed by atoms with E-state index in [1.165, 1.54) is 0 Å². The molecule has 6 nitrogen and oxygen atoms in total. The minimum Gasteiger partial charge on any atom is -0.383 e. The fourth-order valence-electron chi connectivity index (χ4n) is 2.67. The molecular formula is C14H25N3O3. The van der Waals surface area contributed by atoms with Gasteiger partial charge in [0.05, 0.1) is 6.61 Å². The molecule has 2 N–H and O–H groups in total. The maximum absolute atomic E-state index is 5.91. The quantitative estimate of drug-likeness (QED) is 0.891. The van der Waals surface area contributed by atoms with Gasteiger partial charge in [0.2, 0.25) is 11.7 Å². The lowest BCUT2D eigenvalue weighted by Crippen LogP contribution is -2.37. The second-order valence-electron chi connectivity index (χ2n) is 6.38. The molecule has 0 saturated heterocycles. The first kappa shape index (κ1) is 15.4. The van der Waals surface area contributed by atoms with Gasteiger partial charge in [0.15, 0.2) is 0 Å². The van der Waals surface area contributed by atoms with Crippen LogP contribution in [-0.4, -0.2) is 31.0 Å². The number of rotatable bonds is 5. The van der Waals surface area contributed by atoms with E-state index < -0.39 is 11.6 Å². The molecular weight excluding hydrogens is 258 g/mol. The van der Waals surface area contributed by atoms with Gasteiger partial charge in [-0.15, -0.1) is 0 Å². The topological polar surface area (TPSA) is 83.4 Å². The van der Waals surface area contributed by atoms with Gasteiger partial charge in [-0.1, -0.05) is 19.0 Å². The van der Waals surface area contributed by atoms with Crippen molar-refractivity contribution in [1.82, 2.24) is 10.1 Å². The van der Waals surface area contributed by atoms with Gasteiger partial charge in [-0.25, -0.2) is 0 Å². The number of hydrogen-bond acceptors (Lipinski definition) is 6. The molecule has 0 bridgehead atoms. The van der Waals surface area contributed by atoms with E-state index in [-0.39, 0.29) is 0 Å². The predicted molar refractivity (Wildman–Crippen MR) is 74.0 cm³/mol. The molecule has 6 heteroatoms. The second-order valence-corrected chi connectivity index (χ2v) is 6.38. The number of aromatic nitrogens is 2. The molecule has 1 aliphatic carbocycles. The second kappa shape index (κ2) is 5.79. The van der Waals surface area contributed by atoms with Crippen molar-refractivity contribution in [1.29, 1.82) is 0 Å². The van der Waals surface area contributed by atoms with Crippen molar-refractivity contribution in [2.24, 2.45) is 11.1 Å². The summed E-state index contributed by atoms with van der Waals surface area (Å²) in [7, 11) is 3.31. The van der Waals surface area contributed by atoms with Crippen molar-refractivity contribution in [2.75, 3.05) is 20.8 Å². The molecule has 114 valence electrons. The number of ether oxygens (including phenoxy) is 2. The van der Waals surface area contributed by atoms with Crippen LogP contribution in [0, 0.1) is 5.41 Å². The lowest BCUT2D eigenvalue weighted by molar-refractivity contribution is -0.0740. The highest BCUT2D eigenvalue weighted by Gasteiger charge is 2.43. The molecule has 1 fully saturated rings. The molecule has 0 aliphatic heterocycles. The molecule has 1 aromatic rings.